The molecule has 3 rings (SSSR count). The van der Waals surface area contributed by atoms with E-state index in [1.807, 2.05) is 6.07 Å². The fourth-order valence-corrected chi connectivity index (χ4v) is 2.59. The monoisotopic (exact) mass is 397 g/mol. The number of nitrogens with zero attached hydrogens (tertiary/aromatic N) is 2. The molecule has 0 saturated carbocycles. The number of hydrogen-bond donors (Lipinski definition) is 1. The summed E-state index contributed by atoms with van der Waals surface area (Å²) in [6.07, 6.45) is 1.46. The zero-order chi connectivity index (χ0) is 17.8. The summed E-state index contributed by atoms with van der Waals surface area (Å²) in [5.41, 5.74) is 3.64. The Morgan fingerprint density at radius 2 is 1.88 bits per heavy atom. The molecule has 0 bridgehead atoms. The van der Waals surface area contributed by atoms with Crippen molar-refractivity contribution in [2.45, 2.75) is 0 Å². The molecule has 1 aliphatic heterocycles. The molecule has 25 heavy (non-hydrogen) atoms. The average molecular weight is 398 g/mol. The van der Waals surface area contributed by atoms with Gasteiger partial charge in [-0.2, -0.15) is 5.26 Å². The van der Waals surface area contributed by atoms with Gasteiger partial charge in [0.15, 0.2) is 6.61 Å². The van der Waals surface area contributed by atoms with Gasteiger partial charge in [0.2, 0.25) is 0 Å². The van der Waals surface area contributed by atoms with Crippen molar-refractivity contribution in [2.24, 2.45) is 0 Å². The van der Waals surface area contributed by atoms with E-state index in [0.29, 0.717) is 17.0 Å². The molecule has 2 aromatic carbocycles. The van der Waals surface area contributed by atoms with Crippen LogP contribution in [0.1, 0.15) is 5.56 Å². The summed E-state index contributed by atoms with van der Waals surface area (Å²) >= 11 is 3.33. The average Bonchev–Trinajstić information content (AvgIpc) is 2.90. The number of hydrogen-bond acceptors (Lipinski definition) is 4. The molecule has 1 N–H and O–H groups in total. The molecule has 0 spiro atoms. The minimum atomic E-state index is -0.497. The molecule has 124 valence electrons. The van der Waals surface area contributed by atoms with Crippen LogP contribution in [0.15, 0.2) is 58.6 Å². The second-order valence-electron chi connectivity index (χ2n) is 5.10. The SMILES string of the molecule is N#CCOc1ccccc1/C=C1/C(=O)NN(c2ccc(Br)cc2)C1=O. The Morgan fingerprint density at radius 3 is 2.60 bits per heavy atom. The molecule has 0 atom stereocenters. The molecule has 2 amide bonds. The predicted octanol–water partition coefficient (Wildman–Crippen LogP) is 2.81. The quantitative estimate of drug-likeness (QED) is 0.634. The lowest BCUT2D eigenvalue weighted by molar-refractivity contribution is -0.117. The zero-order valence-electron chi connectivity index (χ0n) is 12.9. The number of rotatable bonds is 4. The number of para-hydroxylation sites is 1. The molecule has 1 saturated heterocycles. The molecule has 1 fully saturated rings. The standard InChI is InChI=1S/C18H12BrN3O3/c19-13-5-7-14(8-6-13)22-18(24)15(17(23)21-22)11-12-3-1-2-4-16(12)25-10-9-20/h1-8,11H,10H2,(H,21,23)/b15-11-. The van der Waals surface area contributed by atoms with Crippen LogP contribution in [0.25, 0.3) is 6.08 Å². The van der Waals surface area contributed by atoms with Gasteiger partial charge in [0, 0.05) is 10.0 Å². The Balaban J connectivity index is 1.92. The van der Waals surface area contributed by atoms with Crippen molar-refractivity contribution in [2.75, 3.05) is 11.6 Å². The highest BCUT2D eigenvalue weighted by Crippen LogP contribution is 2.26. The molecule has 0 aromatic heterocycles. The van der Waals surface area contributed by atoms with E-state index >= 15 is 0 Å². The number of hydrazine groups is 1. The lowest BCUT2D eigenvalue weighted by atomic mass is 10.1. The summed E-state index contributed by atoms with van der Waals surface area (Å²) in [6, 6.07) is 15.8. The Morgan fingerprint density at radius 1 is 1.16 bits per heavy atom. The maximum atomic E-state index is 12.6. The number of carbonyl (C=O) groups excluding carboxylic acids is 2. The number of halogens is 1. The Hall–Kier alpha value is -3.11. The van der Waals surface area contributed by atoms with Crippen LogP contribution in [0.2, 0.25) is 0 Å². The van der Waals surface area contributed by atoms with Gasteiger partial charge in [0.25, 0.3) is 11.8 Å². The largest absolute Gasteiger partial charge is 0.478 e. The Bertz CT molecular complexity index is 901. The van der Waals surface area contributed by atoms with E-state index in [1.165, 1.54) is 11.1 Å². The van der Waals surface area contributed by atoms with Gasteiger partial charge in [-0.1, -0.05) is 34.1 Å². The molecule has 0 unspecified atom stereocenters. The predicted molar refractivity (Wildman–Crippen MR) is 95.3 cm³/mol. The molecule has 6 nitrogen and oxygen atoms in total. The van der Waals surface area contributed by atoms with Crippen LogP contribution in [0.5, 0.6) is 5.75 Å². The number of ether oxygens (including phenoxy) is 1. The van der Waals surface area contributed by atoms with E-state index in [9.17, 15) is 9.59 Å². The maximum absolute atomic E-state index is 12.6. The summed E-state index contributed by atoms with van der Waals surface area (Å²) in [4.78, 5) is 24.8. The number of amides is 2. The van der Waals surface area contributed by atoms with Crippen molar-refractivity contribution in [3.63, 3.8) is 0 Å². The van der Waals surface area contributed by atoms with Crippen molar-refractivity contribution in [1.82, 2.24) is 5.43 Å². The fraction of sp³-hybridized carbons (Fsp3) is 0.0556. The van der Waals surface area contributed by atoms with Crippen molar-refractivity contribution in [1.29, 1.82) is 5.26 Å². The van der Waals surface area contributed by atoms with Gasteiger partial charge in [-0.15, -0.1) is 0 Å². The Kier molecular flexibility index (Phi) is 4.82. The fourth-order valence-electron chi connectivity index (χ4n) is 2.33. The molecule has 0 radical (unpaired) electrons. The first-order valence-electron chi connectivity index (χ1n) is 7.31. The first-order chi connectivity index (χ1) is 12.1. The highest BCUT2D eigenvalue weighted by molar-refractivity contribution is 9.10. The van der Waals surface area contributed by atoms with Crippen LogP contribution in [0, 0.1) is 11.3 Å². The highest BCUT2D eigenvalue weighted by atomic mass is 79.9. The lowest BCUT2D eigenvalue weighted by Crippen LogP contribution is -2.35. The summed E-state index contributed by atoms with van der Waals surface area (Å²) in [5.74, 6) is -0.523. The number of anilines is 1. The number of carbonyl (C=O) groups is 2. The van der Waals surface area contributed by atoms with E-state index in [0.717, 1.165) is 4.47 Å². The normalized spacial score (nSPS) is 15.2. The molecular weight excluding hydrogens is 386 g/mol. The van der Waals surface area contributed by atoms with Crippen LogP contribution < -0.4 is 15.2 Å². The first-order valence-corrected chi connectivity index (χ1v) is 8.11. The number of nitriles is 1. The smallest absolute Gasteiger partial charge is 0.282 e. The molecule has 0 aliphatic carbocycles. The van der Waals surface area contributed by atoms with E-state index < -0.39 is 11.8 Å². The van der Waals surface area contributed by atoms with Gasteiger partial charge < -0.3 is 4.74 Å². The summed E-state index contributed by atoms with van der Waals surface area (Å²) in [6.45, 7) is -0.120. The first kappa shape index (κ1) is 16.7. The van der Waals surface area contributed by atoms with Gasteiger partial charge in [-0.3, -0.25) is 15.0 Å². The Labute approximate surface area is 152 Å². The molecule has 7 heteroatoms. The lowest BCUT2D eigenvalue weighted by Gasteiger charge is -2.14. The number of benzene rings is 2. The summed E-state index contributed by atoms with van der Waals surface area (Å²) in [7, 11) is 0. The van der Waals surface area contributed by atoms with Crippen LogP contribution in [-0.4, -0.2) is 18.4 Å². The van der Waals surface area contributed by atoms with E-state index in [2.05, 4.69) is 21.4 Å². The summed E-state index contributed by atoms with van der Waals surface area (Å²) < 4.78 is 6.19. The van der Waals surface area contributed by atoms with Gasteiger partial charge in [-0.05, 0) is 36.4 Å². The van der Waals surface area contributed by atoms with Crippen molar-refractivity contribution < 1.29 is 14.3 Å². The third-order valence-electron chi connectivity index (χ3n) is 3.49. The van der Waals surface area contributed by atoms with Crippen LogP contribution in [0.3, 0.4) is 0 Å². The second-order valence-corrected chi connectivity index (χ2v) is 6.02. The van der Waals surface area contributed by atoms with Crippen molar-refractivity contribution in [3.05, 3.63) is 64.1 Å². The molecule has 1 heterocycles. The topological polar surface area (TPSA) is 82.4 Å². The van der Waals surface area contributed by atoms with Gasteiger partial charge in [-0.25, -0.2) is 5.01 Å². The van der Waals surface area contributed by atoms with Crippen LogP contribution in [-0.2, 0) is 9.59 Å². The van der Waals surface area contributed by atoms with Crippen molar-refractivity contribution >= 4 is 39.5 Å². The minimum Gasteiger partial charge on any atom is -0.478 e. The zero-order valence-corrected chi connectivity index (χ0v) is 14.5. The highest BCUT2D eigenvalue weighted by Gasteiger charge is 2.34. The molecular formula is C18H12BrN3O3. The minimum absolute atomic E-state index is 0.00377. The summed E-state index contributed by atoms with van der Waals surface area (Å²) in [5, 5.41) is 9.84. The van der Waals surface area contributed by atoms with E-state index in [1.54, 1.807) is 48.5 Å². The third-order valence-corrected chi connectivity index (χ3v) is 4.02. The van der Waals surface area contributed by atoms with Gasteiger partial charge in [0.05, 0.1) is 5.69 Å². The van der Waals surface area contributed by atoms with Gasteiger partial charge in [0.1, 0.15) is 17.4 Å². The maximum Gasteiger partial charge on any atom is 0.282 e. The number of nitrogens with one attached hydrogen (secondary N) is 1. The van der Waals surface area contributed by atoms with Crippen LogP contribution >= 0.6 is 15.9 Å². The van der Waals surface area contributed by atoms with E-state index in [4.69, 9.17) is 10.00 Å². The van der Waals surface area contributed by atoms with Crippen LogP contribution in [0.4, 0.5) is 5.69 Å². The van der Waals surface area contributed by atoms with Crippen molar-refractivity contribution in [3.8, 4) is 11.8 Å². The third kappa shape index (κ3) is 3.54. The van der Waals surface area contributed by atoms with Gasteiger partial charge >= 0.3 is 0 Å². The molecule has 2 aromatic rings. The van der Waals surface area contributed by atoms with E-state index in [-0.39, 0.29) is 12.2 Å². The second kappa shape index (κ2) is 7.20. The molecule has 1 aliphatic rings.